The van der Waals surface area contributed by atoms with Crippen molar-refractivity contribution in [3.8, 4) is 11.6 Å². The summed E-state index contributed by atoms with van der Waals surface area (Å²) >= 11 is 0. The van der Waals surface area contributed by atoms with Crippen LogP contribution in [-0.4, -0.2) is 48.7 Å². The number of benzene rings is 1. The molecule has 3 heterocycles. The molecule has 1 fully saturated rings. The average molecular weight is 431 g/mol. The van der Waals surface area contributed by atoms with Crippen molar-refractivity contribution in [1.29, 1.82) is 0 Å². The summed E-state index contributed by atoms with van der Waals surface area (Å²) in [6, 6.07) is 10.6. The number of rotatable bonds is 3. The van der Waals surface area contributed by atoms with Gasteiger partial charge < -0.3 is 15.0 Å². The third-order valence-corrected chi connectivity index (χ3v) is 7.03. The predicted molar refractivity (Wildman–Crippen MR) is 113 cm³/mol. The van der Waals surface area contributed by atoms with Crippen molar-refractivity contribution >= 4 is 16.1 Å². The Labute approximate surface area is 176 Å². The maximum Gasteiger partial charge on any atom is 0.318 e. The normalized spacial score (nSPS) is 21.5. The molecule has 1 aromatic heterocycles. The van der Waals surface area contributed by atoms with Crippen LogP contribution in [0.15, 0.2) is 36.4 Å². The van der Waals surface area contributed by atoms with Crippen molar-refractivity contribution in [3.05, 3.63) is 53.2 Å². The van der Waals surface area contributed by atoms with E-state index in [0.29, 0.717) is 36.7 Å². The zero-order chi connectivity index (χ0) is 21.3. The van der Waals surface area contributed by atoms with E-state index >= 15 is 0 Å². The number of pyridine rings is 1. The van der Waals surface area contributed by atoms with Crippen LogP contribution in [0.5, 0.6) is 11.6 Å². The number of hydrogen-bond acceptors (Lipinski definition) is 5. The van der Waals surface area contributed by atoms with Gasteiger partial charge in [0.25, 0.3) is 0 Å². The lowest BCUT2D eigenvalue weighted by Crippen LogP contribution is -2.50. The summed E-state index contributed by atoms with van der Waals surface area (Å²) in [5.41, 5.74) is 2.56. The Morgan fingerprint density at radius 2 is 2.13 bits per heavy atom. The zero-order valence-electron chi connectivity index (χ0n) is 17.1. The lowest BCUT2D eigenvalue weighted by molar-refractivity contribution is 0.188. The van der Waals surface area contributed by atoms with Gasteiger partial charge in [-0.05, 0) is 50.5 Å². The summed E-state index contributed by atoms with van der Waals surface area (Å²) in [6.45, 7) is 4.28. The molecule has 2 aliphatic rings. The molecule has 4 rings (SSSR count). The molecule has 1 aromatic carbocycles. The first-order valence-corrected chi connectivity index (χ1v) is 11.8. The highest BCUT2D eigenvalue weighted by molar-refractivity contribution is 7.89. The maximum absolute atomic E-state index is 12.9. The van der Waals surface area contributed by atoms with Crippen LogP contribution in [0.2, 0.25) is 0 Å². The van der Waals surface area contributed by atoms with E-state index in [0.717, 1.165) is 11.1 Å². The Kier molecular flexibility index (Phi) is 5.66. The van der Waals surface area contributed by atoms with Crippen LogP contribution in [-0.2, 0) is 23.0 Å². The van der Waals surface area contributed by atoms with Gasteiger partial charge in [0.15, 0.2) is 0 Å². The fourth-order valence-electron chi connectivity index (χ4n) is 3.92. The molecule has 1 saturated heterocycles. The lowest BCUT2D eigenvalue weighted by Gasteiger charge is -2.29. The van der Waals surface area contributed by atoms with Gasteiger partial charge in [-0.1, -0.05) is 18.2 Å². The van der Waals surface area contributed by atoms with Crippen LogP contribution >= 0.6 is 0 Å². The largest absolute Gasteiger partial charge is 0.439 e. The molecule has 2 amide bonds. The summed E-state index contributed by atoms with van der Waals surface area (Å²) in [4.78, 5) is 19.2. The first kappa shape index (κ1) is 20.6. The van der Waals surface area contributed by atoms with Crippen LogP contribution in [0.3, 0.4) is 0 Å². The zero-order valence-corrected chi connectivity index (χ0v) is 17.9. The molecule has 0 spiro atoms. The molecule has 2 aromatic rings. The second-order valence-electron chi connectivity index (χ2n) is 7.71. The Morgan fingerprint density at radius 3 is 2.93 bits per heavy atom. The molecule has 0 saturated carbocycles. The van der Waals surface area contributed by atoms with Crippen molar-refractivity contribution in [2.45, 2.75) is 45.3 Å². The molecule has 30 heavy (non-hydrogen) atoms. The highest BCUT2D eigenvalue weighted by Gasteiger charge is 2.38. The molecule has 9 heteroatoms. The molecule has 8 nitrogen and oxygen atoms in total. The second-order valence-corrected chi connectivity index (χ2v) is 9.76. The number of nitrogens with one attached hydrogen (secondary N) is 2. The van der Waals surface area contributed by atoms with E-state index < -0.39 is 10.0 Å². The van der Waals surface area contributed by atoms with E-state index in [-0.39, 0.29) is 30.4 Å². The Balaban J connectivity index is 1.70. The molecule has 160 valence electrons. The van der Waals surface area contributed by atoms with Gasteiger partial charge >= 0.3 is 6.03 Å². The maximum atomic E-state index is 12.9. The SMILES string of the molecule is CCS(=O)(=O)N[C@H]1CCN2C(=O)NCc3ccc(C)c(n3)Oc3cccc(c3)C[C@@H]12. The van der Waals surface area contributed by atoms with Crippen molar-refractivity contribution in [3.63, 3.8) is 0 Å². The quantitative estimate of drug-likeness (QED) is 0.778. The molecule has 2 N–H and O–H groups in total. The molecule has 0 aliphatic carbocycles. The van der Waals surface area contributed by atoms with E-state index in [1.807, 2.05) is 43.3 Å². The highest BCUT2D eigenvalue weighted by Crippen LogP contribution is 2.28. The van der Waals surface area contributed by atoms with Gasteiger partial charge in [-0.3, -0.25) is 0 Å². The first-order chi connectivity index (χ1) is 14.3. The average Bonchev–Trinajstić information content (AvgIpc) is 3.09. The number of ether oxygens (including phenoxy) is 1. The van der Waals surface area contributed by atoms with E-state index in [1.54, 1.807) is 11.8 Å². The van der Waals surface area contributed by atoms with Crippen LogP contribution in [0, 0.1) is 6.92 Å². The number of fused-ring (bicyclic) bond motifs is 5. The van der Waals surface area contributed by atoms with Crippen LogP contribution < -0.4 is 14.8 Å². The Hall–Kier alpha value is -2.65. The predicted octanol–water partition coefficient (Wildman–Crippen LogP) is 2.33. The molecular weight excluding hydrogens is 404 g/mol. The Morgan fingerprint density at radius 1 is 1.30 bits per heavy atom. The van der Waals surface area contributed by atoms with Crippen molar-refractivity contribution in [2.24, 2.45) is 0 Å². The van der Waals surface area contributed by atoms with E-state index in [2.05, 4.69) is 15.0 Å². The van der Waals surface area contributed by atoms with Gasteiger partial charge in [0.1, 0.15) is 5.75 Å². The number of urea groups is 1. The summed E-state index contributed by atoms with van der Waals surface area (Å²) in [6.07, 6.45) is 1.09. The molecule has 2 atom stereocenters. The third kappa shape index (κ3) is 4.41. The van der Waals surface area contributed by atoms with E-state index in [9.17, 15) is 13.2 Å². The summed E-state index contributed by atoms with van der Waals surface area (Å²) in [7, 11) is -3.38. The standard InChI is InChI=1S/C21H26N4O4S/c1-3-30(27,28)24-18-9-10-25-19(18)12-15-5-4-6-17(11-15)29-20-14(2)7-8-16(23-20)13-22-21(25)26/h4-8,11,18-19,24H,3,9-10,12-13H2,1-2H3,(H,22,26)/t18-,19-/m0/s1. The fourth-order valence-corrected chi connectivity index (χ4v) is 4.82. The molecule has 2 aliphatic heterocycles. The van der Waals surface area contributed by atoms with Gasteiger partial charge in [-0.25, -0.2) is 22.9 Å². The minimum Gasteiger partial charge on any atom is -0.439 e. The summed E-state index contributed by atoms with van der Waals surface area (Å²) in [5, 5.41) is 2.92. The summed E-state index contributed by atoms with van der Waals surface area (Å²) in [5.74, 6) is 1.17. The van der Waals surface area contributed by atoms with E-state index in [4.69, 9.17) is 4.74 Å². The van der Waals surface area contributed by atoms with Gasteiger partial charge in [0.2, 0.25) is 15.9 Å². The van der Waals surface area contributed by atoms with E-state index in [1.165, 1.54) is 0 Å². The number of aryl methyl sites for hydroxylation is 1. The minimum atomic E-state index is -3.38. The highest BCUT2D eigenvalue weighted by atomic mass is 32.2. The number of carbonyl (C=O) groups excluding carboxylic acids is 1. The van der Waals surface area contributed by atoms with Gasteiger partial charge in [0.05, 0.1) is 24.0 Å². The number of hydrogen-bond donors (Lipinski definition) is 2. The topological polar surface area (TPSA) is 101 Å². The van der Waals surface area contributed by atoms with Crippen molar-refractivity contribution in [1.82, 2.24) is 19.9 Å². The van der Waals surface area contributed by atoms with Gasteiger partial charge in [0, 0.05) is 18.2 Å². The van der Waals surface area contributed by atoms with Gasteiger partial charge in [-0.15, -0.1) is 0 Å². The molecular formula is C21H26N4O4S. The van der Waals surface area contributed by atoms with Crippen molar-refractivity contribution in [2.75, 3.05) is 12.3 Å². The van der Waals surface area contributed by atoms with Gasteiger partial charge in [-0.2, -0.15) is 0 Å². The van der Waals surface area contributed by atoms with Crippen LogP contribution in [0.25, 0.3) is 0 Å². The summed E-state index contributed by atoms with van der Waals surface area (Å²) < 4.78 is 33.2. The number of nitrogens with zero attached hydrogens (tertiary/aromatic N) is 2. The monoisotopic (exact) mass is 430 g/mol. The lowest BCUT2D eigenvalue weighted by atomic mass is 10.0. The third-order valence-electron chi connectivity index (χ3n) is 5.60. The second kappa shape index (κ2) is 8.23. The fraction of sp³-hybridized carbons (Fsp3) is 0.429. The number of aromatic nitrogens is 1. The number of amides is 2. The Bertz CT molecular complexity index is 1060. The van der Waals surface area contributed by atoms with Crippen LogP contribution in [0.1, 0.15) is 30.2 Å². The number of carbonyl (C=O) groups is 1. The van der Waals surface area contributed by atoms with Crippen LogP contribution in [0.4, 0.5) is 4.79 Å². The molecule has 0 radical (unpaired) electrons. The van der Waals surface area contributed by atoms with Crippen molar-refractivity contribution < 1.29 is 17.9 Å². The first-order valence-electron chi connectivity index (χ1n) is 10.1. The number of sulfonamides is 1. The smallest absolute Gasteiger partial charge is 0.318 e. The minimum absolute atomic E-state index is 0.00631. The molecule has 4 bridgehead atoms. The molecule has 0 unspecified atom stereocenters.